The second-order valence-electron chi connectivity index (χ2n) is 5.75. The number of aromatic nitrogens is 2. The molecule has 1 heterocycles. The Balaban J connectivity index is 0.000000221. The summed E-state index contributed by atoms with van der Waals surface area (Å²) in [5.74, 6) is -0.336. The second-order valence-corrected chi connectivity index (χ2v) is 8.45. The molecule has 3 rings (SSSR count). The number of sulfone groups is 1. The van der Waals surface area contributed by atoms with Crippen LogP contribution in [0.15, 0.2) is 65.6 Å². The summed E-state index contributed by atoms with van der Waals surface area (Å²) >= 11 is 0. The number of halogens is 3. The number of aryl methyl sites for hydroxylation is 1. The van der Waals surface area contributed by atoms with Crippen molar-refractivity contribution < 1.29 is 21.6 Å². The number of nitrogens with two attached hydrogens (primary N) is 1. The molecule has 10 heteroatoms. The molecule has 3 aromatic rings. The third kappa shape index (κ3) is 5.64. The van der Waals surface area contributed by atoms with E-state index in [9.17, 15) is 21.6 Å². The summed E-state index contributed by atoms with van der Waals surface area (Å²) in [5.41, 5.74) is 5.34. The highest BCUT2D eigenvalue weighted by Crippen LogP contribution is 2.31. The van der Waals surface area contributed by atoms with Crippen molar-refractivity contribution in [3.8, 4) is 11.3 Å². The average molecular weight is 429 g/mol. The number of benzene rings is 2. The van der Waals surface area contributed by atoms with Gasteiger partial charge in [0.1, 0.15) is 5.88 Å². The van der Waals surface area contributed by atoms with Gasteiger partial charge in [-0.15, -0.1) is 9.24 Å². The minimum atomic E-state index is -4.41. The molecular formula is C18H19F3N3O2PS. The number of hydrogen-bond donors (Lipinski definition) is 1. The van der Waals surface area contributed by atoms with Crippen molar-refractivity contribution in [3.05, 3.63) is 66.4 Å². The van der Waals surface area contributed by atoms with Crippen LogP contribution in [0.1, 0.15) is 5.69 Å². The maximum absolute atomic E-state index is 12.5. The smallest absolute Gasteiger partial charge is 0.317 e. The molecule has 0 aliphatic rings. The first-order valence-electron chi connectivity index (χ1n) is 7.99. The molecule has 0 bridgehead atoms. The quantitative estimate of drug-likeness (QED) is 0.650. The predicted octanol–water partition coefficient (Wildman–Crippen LogP) is 2.98. The van der Waals surface area contributed by atoms with E-state index < -0.39 is 21.7 Å². The molecule has 0 saturated heterocycles. The van der Waals surface area contributed by atoms with Crippen LogP contribution in [-0.2, 0) is 23.1 Å². The molecule has 0 fully saturated rings. The highest BCUT2D eigenvalue weighted by Gasteiger charge is 2.34. The molecule has 0 radical (unpaired) electrons. The Morgan fingerprint density at radius 3 is 2.11 bits per heavy atom. The molecule has 28 heavy (non-hydrogen) atoms. The lowest BCUT2D eigenvalue weighted by molar-refractivity contribution is -0.141. The summed E-state index contributed by atoms with van der Waals surface area (Å²) in [7, 11) is 0.802. The van der Waals surface area contributed by atoms with Crippen LogP contribution in [0.2, 0.25) is 0 Å². The van der Waals surface area contributed by atoms with E-state index in [4.69, 9.17) is 5.73 Å². The van der Waals surface area contributed by atoms with Gasteiger partial charge >= 0.3 is 6.18 Å². The molecule has 0 aliphatic heterocycles. The minimum absolute atomic E-state index is 0.280. The van der Waals surface area contributed by atoms with Crippen LogP contribution in [0.5, 0.6) is 0 Å². The first-order valence-corrected chi connectivity index (χ1v) is 10.2. The Morgan fingerprint density at radius 1 is 1.07 bits per heavy atom. The summed E-state index contributed by atoms with van der Waals surface area (Å²) < 4.78 is 60.8. The van der Waals surface area contributed by atoms with E-state index in [0.29, 0.717) is 11.3 Å². The maximum Gasteiger partial charge on any atom is 0.435 e. The van der Waals surface area contributed by atoms with E-state index in [1.165, 1.54) is 23.9 Å². The SMILES string of the molecule is Cn1nc(C(F)(F)F)cc1-c1ccc(P)cc1.NCS(=O)(=O)c1ccccc1. The molecule has 0 amide bonds. The van der Waals surface area contributed by atoms with E-state index >= 15 is 0 Å². The van der Waals surface area contributed by atoms with Gasteiger partial charge in [-0.05, 0) is 29.1 Å². The van der Waals surface area contributed by atoms with Gasteiger partial charge in [0.05, 0.1) is 10.6 Å². The van der Waals surface area contributed by atoms with Gasteiger partial charge in [0.2, 0.25) is 0 Å². The first kappa shape index (κ1) is 22.1. The van der Waals surface area contributed by atoms with Crippen LogP contribution >= 0.6 is 9.24 Å². The molecule has 2 N–H and O–H groups in total. The van der Waals surface area contributed by atoms with Crippen molar-refractivity contribution in [2.24, 2.45) is 12.8 Å². The zero-order valence-electron chi connectivity index (χ0n) is 14.9. The highest BCUT2D eigenvalue weighted by molar-refractivity contribution is 7.91. The third-order valence-corrected chi connectivity index (χ3v) is 5.51. The molecule has 0 spiro atoms. The van der Waals surface area contributed by atoms with Crippen LogP contribution in [0.3, 0.4) is 0 Å². The molecule has 0 saturated carbocycles. The highest BCUT2D eigenvalue weighted by atomic mass is 32.2. The van der Waals surface area contributed by atoms with Crippen molar-refractivity contribution in [2.75, 3.05) is 5.88 Å². The van der Waals surface area contributed by atoms with Crippen LogP contribution in [0.25, 0.3) is 11.3 Å². The molecule has 2 aromatic carbocycles. The Hall–Kier alpha value is -2.22. The van der Waals surface area contributed by atoms with Gasteiger partial charge < -0.3 is 5.73 Å². The van der Waals surface area contributed by atoms with Crippen molar-refractivity contribution >= 4 is 24.4 Å². The van der Waals surface area contributed by atoms with E-state index in [-0.39, 0.29) is 10.8 Å². The minimum Gasteiger partial charge on any atom is -0.317 e. The molecule has 1 atom stereocenters. The maximum atomic E-state index is 12.5. The second kappa shape index (κ2) is 8.86. The fourth-order valence-electron chi connectivity index (χ4n) is 2.25. The lowest BCUT2D eigenvalue weighted by Gasteiger charge is -2.01. The van der Waals surface area contributed by atoms with E-state index in [1.54, 1.807) is 30.3 Å². The molecular weight excluding hydrogens is 410 g/mol. The average Bonchev–Trinajstić information content (AvgIpc) is 3.06. The largest absolute Gasteiger partial charge is 0.435 e. The summed E-state index contributed by atoms with van der Waals surface area (Å²) in [4.78, 5) is 0.280. The Labute approximate surface area is 163 Å². The van der Waals surface area contributed by atoms with Gasteiger partial charge in [0.25, 0.3) is 0 Å². The van der Waals surface area contributed by atoms with Crippen molar-refractivity contribution in [2.45, 2.75) is 11.1 Å². The number of rotatable bonds is 3. The molecule has 0 aliphatic carbocycles. The van der Waals surface area contributed by atoms with Crippen molar-refractivity contribution in [1.82, 2.24) is 9.78 Å². The fraction of sp³-hybridized carbons (Fsp3) is 0.167. The summed E-state index contributed by atoms with van der Waals surface area (Å²) in [6.07, 6.45) is -4.41. The molecule has 1 aromatic heterocycles. The molecule has 150 valence electrons. The normalized spacial score (nSPS) is 11.6. The Kier molecular flexibility index (Phi) is 6.98. The lowest BCUT2D eigenvalue weighted by Crippen LogP contribution is -2.14. The zero-order chi connectivity index (χ0) is 20.9. The topological polar surface area (TPSA) is 78.0 Å². The van der Waals surface area contributed by atoms with Gasteiger partial charge in [-0.25, -0.2) is 8.42 Å². The van der Waals surface area contributed by atoms with Gasteiger partial charge in [0, 0.05) is 7.05 Å². The number of hydrogen-bond acceptors (Lipinski definition) is 4. The van der Waals surface area contributed by atoms with Crippen LogP contribution in [0.4, 0.5) is 13.2 Å². The summed E-state index contributed by atoms with van der Waals surface area (Å²) in [6.45, 7) is 0. The van der Waals surface area contributed by atoms with E-state index in [2.05, 4.69) is 14.3 Å². The summed E-state index contributed by atoms with van der Waals surface area (Å²) in [6, 6.07) is 16.4. The van der Waals surface area contributed by atoms with Crippen molar-refractivity contribution in [1.29, 1.82) is 0 Å². The monoisotopic (exact) mass is 429 g/mol. The van der Waals surface area contributed by atoms with Crippen molar-refractivity contribution in [3.63, 3.8) is 0 Å². The lowest BCUT2D eigenvalue weighted by atomic mass is 10.1. The van der Waals surface area contributed by atoms with Crippen LogP contribution < -0.4 is 11.0 Å². The summed E-state index contributed by atoms with van der Waals surface area (Å²) in [5, 5.41) is 4.45. The molecule has 5 nitrogen and oxygen atoms in total. The fourth-order valence-corrected chi connectivity index (χ4v) is 3.21. The molecule has 1 unspecified atom stereocenters. The van der Waals surface area contributed by atoms with Crippen LogP contribution in [-0.4, -0.2) is 24.1 Å². The predicted molar refractivity (Wildman–Crippen MR) is 106 cm³/mol. The number of nitrogens with zero attached hydrogens (tertiary/aromatic N) is 2. The van der Waals surface area contributed by atoms with Gasteiger partial charge in [-0.3, -0.25) is 4.68 Å². The third-order valence-electron chi connectivity index (χ3n) is 3.70. The van der Waals surface area contributed by atoms with E-state index in [0.717, 1.165) is 11.4 Å². The van der Waals surface area contributed by atoms with Gasteiger partial charge in [-0.1, -0.05) is 42.5 Å². The Morgan fingerprint density at radius 2 is 1.64 bits per heavy atom. The van der Waals surface area contributed by atoms with E-state index in [1.807, 2.05) is 12.1 Å². The number of alkyl halides is 3. The first-order chi connectivity index (χ1) is 13.0. The Bertz CT molecular complexity index is 1020. The zero-order valence-corrected chi connectivity index (χ0v) is 16.9. The standard InChI is InChI=1S/C11H10F3N2P.C7H9NO2S/c1-16-9(6-10(15-16)11(12,13)14)7-2-4-8(17)5-3-7;8-6-11(9,10)7-4-2-1-3-5-7/h2-6H,17H2,1H3;1-5H,6,8H2. The van der Waals surface area contributed by atoms with Gasteiger partial charge in [0.15, 0.2) is 15.5 Å². The van der Waals surface area contributed by atoms with Crippen LogP contribution in [0, 0.1) is 0 Å². The van der Waals surface area contributed by atoms with Gasteiger partial charge in [-0.2, -0.15) is 18.3 Å².